The Morgan fingerprint density at radius 3 is 2.63 bits per heavy atom. The molecule has 3 rings (SSSR count). The Morgan fingerprint density at radius 1 is 1.22 bits per heavy atom. The van der Waals surface area contributed by atoms with Gasteiger partial charge in [0.25, 0.3) is 5.91 Å². The van der Waals surface area contributed by atoms with Gasteiger partial charge in [-0.3, -0.25) is 4.79 Å². The minimum absolute atomic E-state index is 0.103. The smallest absolute Gasteiger partial charge is 0.257 e. The first-order valence-electron chi connectivity index (χ1n) is 9.09. The van der Waals surface area contributed by atoms with Crippen molar-refractivity contribution < 1.29 is 23.4 Å². The average molecular weight is 375 g/mol. The zero-order valence-electron chi connectivity index (χ0n) is 15.3. The van der Waals surface area contributed by atoms with Gasteiger partial charge in [0.2, 0.25) is 0 Å². The van der Waals surface area contributed by atoms with Gasteiger partial charge in [0.1, 0.15) is 11.6 Å². The highest BCUT2D eigenvalue weighted by molar-refractivity contribution is 5.97. The van der Waals surface area contributed by atoms with Crippen molar-refractivity contribution in [3.63, 3.8) is 0 Å². The molecule has 0 radical (unpaired) electrons. The van der Waals surface area contributed by atoms with Crippen LogP contribution in [0.1, 0.15) is 35.2 Å². The quantitative estimate of drug-likeness (QED) is 0.854. The minimum Gasteiger partial charge on any atom is -0.504 e. The predicted octanol–water partition coefficient (Wildman–Crippen LogP) is 4.16. The van der Waals surface area contributed by atoms with E-state index < -0.39 is 11.6 Å². The Bertz CT molecular complexity index is 805. The molecule has 1 amide bonds. The third kappa shape index (κ3) is 4.21. The number of piperidine rings is 1. The Hall–Kier alpha value is -2.63. The number of carbonyl (C=O) groups excluding carboxylic acids is 1. The number of ether oxygens (including phenoxy) is 1. The fourth-order valence-corrected chi connectivity index (χ4v) is 3.63. The third-order valence-electron chi connectivity index (χ3n) is 5.12. The SMILES string of the molecule is COc1cccc(C(=O)N2CCC[C@H](CCc3c(F)cccc3F)C2)c1O. The lowest BCUT2D eigenvalue weighted by atomic mass is 9.91. The van der Waals surface area contributed by atoms with Crippen molar-refractivity contribution in [1.82, 2.24) is 4.90 Å². The Labute approximate surface area is 157 Å². The van der Waals surface area contributed by atoms with Gasteiger partial charge in [-0.2, -0.15) is 0 Å². The number of likely N-dealkylation sites (tertiary alicyclic amines) is 1. The highest BCUT2D eigenvalue weighted by Crippen LogP contribution is 2.32. The fraction of sp³-hybridized carbons (Fsp3) is 0.381. The van der Waals surface area contributed by atoms with E-state index in [0.29, 0.717) is 25.9 Å². The summed E-state index contributed by atoms with van der Waals surface area (Å²) in [5.74, 6) is -1.06. The number of phenols is 1. The maximum absolute atomic E-state index is 13.8. The summed E-state index contributed by atoms with van der Waals surface area (Å²) < 4.78 is 32.7. The van der Waals surface area contributed by atoms with E-state index in [1.807, 2.05) is 0 Å². The Kier molecular flexibility index (Phi) is 5.94. The molecular formula is C21H23F2NO3. The van der Waals surface area contributed by atoms with E-state index in [1.54, 1.807) is 23.1 Å². The molecule has 0 bridgehead atoms. The maximum atomic E-state index is 13.8. The van der Waals surface area contributed by atoms with Crippen LogP contribution in [0.15, 0.2) is 36.4 Å². The first-order valence-corrected chi connectivity index (χ1v) is 9.09. The second kappa shape index (κ2) is 8.37. The summed E-state index contributed by atoms with van der Waals surface area (Å²) in [7, 11) is 1.43. The van der Waals surface area contributed by atoms with Crippen LogP contribution in [0.25, 0.3) is 0 Å². The van der Waals surface area contributed by atoms with Crippen LogP contribution in [0.5, 0.6) is 11.5 Å². The van der Waals surface area contributed by atoms with Gasteiger partial charge in [0.15, 0.2) is 11.5 Å². The molecule has 1 N–H and O–H groups in total. The molecule has 0 spiro atoms. The molecule has 1 saturated heterocycles. The molecule has 0 saturated carbocycles. The molecule has 0 unspecified atom stereocenters. The monoisotopic (exact) mass is 375 g/mol. The lowest BCUT2D eigenvalue weighted by Gasteiger charge is -2.33. The number of halogens is 2. The number of methoxy groups -OCH3 is 1. The highest BCUT2D eigenvalue weighted by Gasteiger charge is 2.27. The molecule has 0 aliphatic carbocycles. The highest BCUT2D eigenvalue weighted by atomic mass is 19.1. The number of hydrogen-bond donors (Lipinski definition) is 1. The van der Waals surface area contributed by atoms with Crippen LogP contribution in [0, 0.1) is 17.6 Å². The summed E-state index contributed by atoms with van der Waals surface area (Å²) in [6.07, 6.45) is 2.63. The molecule has 6 heteroatoms. The molecule has 2 aromatic rings. The number of aromatic hydroxyl groups is 1. The van der Waals surface area contributed by atoms with Gasteiger partial charge < -0.3 is 14.7 Å². The van der Waals surface area contributed by atoms with E-state index in [4.69, 9.17) is 4.74 Å². The van der Waals surface area contributed by atoms with E-state index >= 15 is 0 Å². The van der Waals surface area contributed by atoms with Crippen molar-refractivity contribution >= 4 is 5.91 Å². The first-order chi connectivity index (χ1) is 13.0. The summed E-state index contributed by atoms with van der Waals surface area (Å²) in [6, 6.07) is 8.71. The normalized spacial score (nSPS) is 17.0. The number of nitrogens with zero attached hydrogens (tertiary/aromatic N) is 1. The lowest BCUT2D eigenvalue weighted by Crippen LogP contribution is -2.40. The zero-order valence-corrected chi connectivity index (χ0v) is 15.3. The van der Waals surface area contributed by atoms with Gasteiger partial charge in [0.05, 0.1) is 12.7 Å². The van der Waals surface area contributed by atoms with Crippen LogP contribution in [0.4, 0.5) is 8.78 Å². The van der Waals surface area contributed by atoms with Gasteiger partial charge in [-0.05, 0) is 55.9 Å². The van der Waals surface area contributed by atoms with E-state index in [0.717, 1.165) is 12.8 Å². The predicted molar refractivity (Wildman–Crippen MR) is 98.0 cm³/mol. The first kappa shape index (κ1) is 19.1. The van der Waals surface area contributed by atoms with Gasteiger partial charge in [-0.1, -0.05) is 12.1 Å². The molecule has 1 aliphatic rings. The fourth-order valence-electron chi connectivity index (χ4n) is 3.63. The number of para-hydroxylation sites is 1. The van der Waals surface area contributed by atoms with Crippen molar-refractivity contribution in [1.29, 1.82) is 0 Å². The van der Waals surface area contributed by atoms with Gasteiger partial charge in [-0.15, -0.1) is 0 Å². The maximum Gasteiger partial charge on any atom is 0.257 e. The largest absolute Gasteiger partial charge is 0.504 e. The molecular weight excluding hydrogens is 352 g/mol. The topological polar surface area (TPSA) is 49.8 Å². The molecule has 27 heavy (non-hydrogen) atoms. The van der Waals surface area contributed by atoms with Crippen LogP contribution in [0.3, 0.4) is 0 Å². The van der Waals surface area contributed by atoms with Gasteiger partial charge >= 0.3 is 0 Å². The summed E-state index contributed by atoms with van der Waals surface area (Å²) >= 11 is 0. The second-order valence-electron chi connectivity index (χ2n) is 6.85. The van der Waals surface area contributed by atoms with E-state index in [9.17, 15) is 18.7 Å². The zero-order chi connectivity index (χ0) is 19.4. The van der Waals surface area contributed by atoms with E-state index in [1.165, 1.54) is 25.3 Å². The third-order valence-corrected chi connectivity index (χ3v) is 5.12. The molecule has 1 fully saturated rings. The average Bonchev–Trinajstić information content (AvgIpc) is 2.67. The summed E-state index contributed by atoms with van der Waals surface area (Å²) in [5, 5.41) is 10.2. The van der Waals surface area contributed by atoms with Crippen LogP contribution < -0.4 is 4.74 Å². The molecule has 1 aliphatic heterocycles. The standard InChI is InChI=1S/C21H23F2NO3/c1-27-19-9-2-6-16(20(19)25)21(26)24-12-4-5-14(13-24)10-11-15-17(22)7-3-8-18(15)23/h2-3,6-9,14,25H,4-5,10-13H2,1H3/t14-/m1/s1. The van der Waals surface area contributed by atoms with Crippen LogP contribution in [-0.2, 0) is 6.42 Å². The molecule has 4 nitrogen and oxygen atoms in total. The minimum atomic E-state index is -0.528. The summed E-state index contributed by atoms with van der Waals surface area (Å²) in [6.45, 7) is 1.10. The summed E-state index contributed by atoms with van der Waals surface area (Å²) in [4.78, 5) is 14.5. The van der Waals surface area contributed by atoms with Crippen molar-refractivity contribution in [3.8, 4) is 11.5 Å². The number of rotatable bonds is 5. The van der Waals surface area contributed by atoms with E-state index in [2.05, 4.69) is 0 Å². The van der Waals surface area contributed by atoms with Gasteiger partial charge in [-0.25, -0.2) is 8.78 Å². The number of phenolic OH excluding ortho intramolecular Hbond substituents is 1. The molecule has 144 valence electrons. The number of amides is 1. The van der Waals surface area contributed by atoms with E-state index in [-0.39, 0.29) is 34.5 Å². The Balaban J connectivity index is 1.66. The van der Waals surface area contributed by atoms with Crippen molar-refractivity contribution in [2.24, 2.45) is 5.92 Å². The number of carbonyl (C=O) groups is 1. The number of hydrogen-bond acceptors (Lipinski definition) is 3. The second-order valence-corrected chi connectivity index (χ2v) is 6.85. The molecule has 2 aromatic carbocycles. The van der Waals surface area contributed by atoms with Crippen molar-refractivity contribution in [2.45, 2.75) is 25.7 Å². The molecule has 1 heterocycles. The lowest BCUT2D eigenvalue weighted by molar-refractivity contribution is 0.0664. The molecule has 0 aromatic heterocycles. The van der Waals surface area contributed by atoms with Crippen LogP contribution >= 0.6 is 0 Å². The summed E-state index contributed by atoms with van der Waals surface area (Å²) in [5.41, 5.74) is 0.307. The molecule has 1 atom stereocenters. The Morgan fingerprint density at radius 2 is 1.93 bits per heavy atom. The van der Waals surface area contributed by atoms with Crippen LogP contribution in [-0.4, -0.2) is 36.1 Å². The van der Waals surface area contributed by atoms with Crippen molar-refractivity contribution in [3.05, 3.63) is 59.2 Å². The van der Waals surface area contributed by atoms with Gasteiger partial charge in [0, 0.05) is 18.7 Å². The number of benzene rings is 2. The van der Waals surface area contributed by atoms with Crippen molar-refractivity contribution in [2.75, 3.05) is 20.2 Å². The van der Waals surface area contributed by atoms with Crippen LogP contribution in [0.2, 0.25) is 0 Å².